The molecule has 0 aliphatic carbocycles. The fourth-order valence-corrected chi connectivity index (χ4v) is 2.57. The SMILES string of the molecule is Cc1ccc(C(C)C)c(OC(CN)c2ccc(Br)cc2)c1. The summed E-state index contributed by atoms with van der Waals surface area (Å²) in [5.41, 5.74) is 9.43. The van der Waals surface area contributed by atoms with Gasteiger partial charge in [-0.1, -0.05) is 54.0 Å². The summed E-state index contributed by atoms with van der Waals surface area (Å²) >= 11 is 3.45. The minimum atomic E-state index is -0.127. The quantitative estimate of drug-likeness (QED) is 0.829. The lowest BCUT2D eigenvalue weighted by Gasteiger charge is -2.22. The summed E-state index contributed by atoms with van der Waals surface area (Å²) in [4.78, 5) is 0. The van der Waals surface area contributed by atoms with Crippen LogP contribution in [0.1, 0.15) is 42.6 Å². The minimum Gasteiger partial charge on any atom is -0.484 e. The number of nitrogens with two attached hydrogens (primary N) is 1. The summed E-state index contributed by atoms with van der Waals surface area (Å²) in [7, 11) is 0. The lowest BCUT2D eigenvalue weighted by molar-refractivity contribution is 0.211. The van der Waals surface area contributed by atoms with Gasteiger partial charge in [0.15, 0.2) is 0 Å². The van der Waals surface area contributed by atoms with Gasteiger partial charge >= 0.3 is 0 Å². The fourth-order valence-electron chi connectivity index (χ4n) is 2.30. The first kappa shape index (κ1) is 16.1. The fraction of sp³-hybridized carbons (Fsp3) is 0.333. The Labute approximate surface area is 135 Å². The Balaban J connectivity index is 2.30. The van der Waals surface area contributed by atoms with Gasteiger partial charge in [0.25, 0.3) is 0 Å². The number of hydrogen-bond acceptors (Lipinski definition) is 2. The van der Waals surface area contributed by atoms with Crippen LogP contribution in [0.2, 0.25) is 0 Å². The Kier molecular flexibility index (Phi) is 5.43. The van der Waals surface area contributed by atoms with Crippen molar-refractivity contribution in [3.8, 4) is 5.75 Å². The predicted molar refractivity (Wildman–Crippen MR) is 91.8 cm³/mol. The molecular weight excluding hydrogens is 326 g/mol. The highest BCUT2D eigenvalue weighted by atomic mass is 79.9. The molecule has 0 heterocycles. The average molecular weight is 348 g/mol. The van der Waals surface area contributed by atoms with Gasteiger partial charge in [-0.3, -0.25) is 0 Å². The van der Waals surface area contributed by atoms with E-state index in [0.717, 1.165) is 15.8 Å². The van der Waals surface area contributed by atoms with Crippen molar-refractivity contribution in [1.82, 2.24) is 0 Å². The smallest absolute Gasteiger partial charge is 0.136 e. The molecule has 1 unspecified atom stereocenters. The first-order chi connectivity index (χ1) is 10.0. The molecule has 0 bridgehead atoms. The Morgan fingerprint density at radius 1 is 1.10 bits per heavy atom. The van der Waals surface area contributed by atoms with Gasteiger partial charge in [0, 0.05) is 11.0 Å². The van der Waals surface area contributed by atoms with E-state index in [4.69, 9.17) is 10.5 Å². The molecule has 0 fully saturated rings. The summed E-state index contributed by atoms with van der Waals surface area (Å²) in [5.74, 6) is 1.35. The van der Waals surface area contributed by atoms with Crippen LogP contribution in [0.4, 0.5) is 0 Å². The van der Waals surface area contributed by atoms with Crippen LogP contribution in [-0.4, -0.2) is 6.54 Å². The Hall–Kier alpha value is -1.32. The molecule has 0 aliphatic rings. The van der Waals surface area contributed by atoms with Crippen LogP contribution in [0.3, 0.4) is 0 Å². The lowest BCUT2D eigenvalue weighted by Crippen LogP contribution is -2.19. The van der Waals surface area contributed by atoms with Crippen LogP contribution >= 0.6 is 15.9 Å². The van der Waals surface area contributed by atoms with Gasteiger partial charge in [-0.25, -0.2) is 0 Å². The number of halogens is 1. The minimum absolute atomic E-state index is 0.127. The van der Waals surface area contributed by atoms with E-state index in [0.29, 0.717) is 12.5 Å². The highest BCUT2D eigenvalue weighted by molar-refractivity contribution is 9.10. The van der Waals surface area contributed by atoms with E-state index in [1.54, 1.807) is 0 Å². The Morgan fingerprint density at radius 2 is 1.76 bits per heavy atom. The van der Waals surface area contributed by atoms with Gasteiger partial charge in [-0.15, -0.1) is 0 Å². The molecule has 3 heteroatoms. The molecule has 0 aliphatic heterocycles. The maximum absolute atomic E-state index is 6.22. The van der Waals surface area contributed by atoms with Crippen molar-refractivity contribution in [3.05, 3.63) is 63.6 Å². The summed E-state index contributed by atoms with van der Waals surface area (Å²) in [5, 5.41) is 0. The summed E-state index contributed by atoms with van der Waals surface area (Å²) in [6.45, 7) is 6.88. The summed E-state index contributed by atoms with van der Waals surface area (Å²) in [6, 6.07) is 14.5. The maximum Gasteiger partial charge on any atom is 0.136 e. The number of ether oxygens (including phenoxy) is 1. The molecular formula is C18H22BrNO. The van der Waals surface area contributed by atoms with Crippen LogP contribution in [0.25, 0.3) is 0 Å². The number of benzene rings is 2. The van der Waals surface area contributed by atoms with Gasteiger partial charge in [-0.05, 0) is 47.7 Å². The molecule has 0 saturated carbocycles. The Bertz CT molecular complexity index is 593. The lowest BCUT2D eigenvalue weighted by atomic mass is 10.0. The van der Waals surface area contributed by atoms with E-state index in [-0.39, 0.29) is 6.10 Å². The van der Waals surface area contributed by atoms with E-state index in [2.05, 4.69) is 54.9 Å². The van der Waals surface area contributed by atoms with Crippen molar-refractivity contribution in [2.45, 2.75) is 32.8 Å². The first-order valence-electron chi connectivity index (χ1n) is 7.24. The standard InChI is InChI=1S/C18H22BrNO/c1-12(2)16-9-4-13(3)10-17(16)21-18(11-20)14-5-7-15(19)8-6-14/h4-10,12,18H,11,20H2,1-3H3. The van der Waals surface area contributed by atoms with Crippen LogP contribution < -0.4 is 10.5 Å². The monoisotopic (exact) mass is 347 g/mol. The number of rotatable bonds is 5. The topological polar surface area (TPSA) is 35.2 Å². The second kappa shape index (κ2) is 7.10. The molecule has 1 atom stereocenters. The third kappa shape index (κ3) is 4.08. The van der Waals surface area contributed by atoms with E-state index in [9.17, 15) is 0 Å². The van der Waals surface area contributed by atoms with E-state index >= 15 is 0 Å². The van der Waals surface area contributed by atoms with Crippen molar-refractivity contribution in [1.29, 1.82) is 0 Å². The number of hydrogen-bond donors (Lipinski definition) is 1. The maximum atomic E-state index is 6.22. The van der Waals surface area contributed by atoms with Crippen molar-refractivity contribution in [3.63, 3.8) is 0 Å². The normalized spacial score (nSPS) is 12.5. The predicted octanol–water partition coefficient (Wildman–Crippen LogP) is 4.96. The molecule has 21 heavy (non-hydrogen) atoms. The second-order valence-electron chi connectivity index (χ2n) is 5.59. The molecule has 2 aromatic rings. The van der Waals surface area contributed by atoms with Gasteiger partial charge in [0.2, 0.25) is 0 Å². The molecule has 0 saturated heterocycles. The van der Waals surface area contributed by atoms with Crippen molar-refractivity contribution >= 4 is 15.9 Å². The van der Waals surface area contributed by atoms with Crippen LogP contribution in [-0.2, 0) is 0 Å². The van der Waals surface area contributed by atoms with Crippen LogP contribution in [0, 0.1) is 6.92 Å². The third-order valence-electron chi connectivity index (χ3n) is 3.52. The van der Waals surface area contributed by atoms with E-state index < -0.39 is 0 Å². The largest absolute Gasteiger partial charge is 0.484 e. The highest BCUT2D eigenvalue weighted by Gasteiger charge is 2.15. The van der Waals surface area contributed by atoms with Gasteiger partial charge < -0.3 is 10.5 Å². The highest BCUT2D eigenvalue weighted by Crippen LogP contribution is 2.31. The van der Waals surface area contributed by atoms with Gasteiger partial charge in [-0.2, -0.15) is 0 Å². The van der Waals surface area contributed by atoms with Crippen LogP contribution in [0.15, 0.2) is 46.9 Å². The number of aryl methyl sites for hydroxylation is 1. The van der Waals surface area contributed by atoms with Crippen molar-refractivity contribution < 1.29 is 4.74 Å². The van der Waals surface area contributed by atoms with E-state index in [1.165, 1.54) is 11.1 Å². The molecule has 0 aromatic heterocycles. The zero-order valence-electron chi connectivity index (χ0n) is 12.8. The van der Waals surface area contributed by atoms with E-state index in [1.807, 2.05) is 24.3 Å². The molecule has 2 aromatic carbocycles. The van der Waals surface area contributed by atoms with Gasteiger partial charge in [0.1, 0.15) is 11.9 Å². The van der Waals surface area contributed by atoms with Crippen molar-refractivity contribution in [2.24, 2.45) is 5.73 Å². The zero-order valence-corrected chi connectivity index (χ0v) is 14.4. The van der Waals surface area contributed by atoms with Gasteiger partial charge in [0.05, 0.1) is 0 Å². The molecule has 2 N–H and O–H groups in total. The first-order valence-corrected chi connectivity index (χ1v) is 8.03. The molecule has 2 nitrogen and oxygen atoms in total. The summed E-state index contributed by atoms with van der Waals surface area (Å²) < 4.78 is 7.28. The third-order valence-corrected chi connectivity index (χ3v) is 4.04. The second-order valence-corrected chi connectivity index (χ2v) is 6.51. The summed E-state index contributed by atoms with van der Waals surface area (Å²) in [6.07, 6.45) is -0.127. The van der Waals surface area contributed by atoms with Crippen molar-refractivity contribution in [2.75, 3.05) is 6.54 Å². The van der Waals surface area contributed by atoms with Crippen LogP contribution in [0.5, 0.6) is 5.75 Å². The molecule has 0 spiro atoms. The zero-order chi connectivity index (χ0) is 15.4. The average Bonchev–Trinajstić information content (AvgIpc) is 2.45. The molecule has 2 rings (SSSR count). The molecule has 112 valence electrons. The molecule has 0 amide bonds. The molecule has 0 radical (unpaired) electrons. The Morgan fingerprint density at radius 3 is 2.33 bits per heavy atom.